The highest BCUT2D eigenvalue weighted by molar-refractivity contribution is 6.09. The molecule has 0 spiro atoms. The highest BCUT2D eigenvalue weighted by Crippen LogP contribution is 2.34. The predicted octanol–water partition coefficient (Wildman–Crippen LogP) is 3.31. The average Bonchev–Trinajstić information content (AvgIpc) is 3.13. The van der Waals surface area contributed by atoms with E-state index in [1.54, 1.807) is 17.0 Å². The van der Waals surface area contributed by atoms with Gasteiger partial charge in [-0.2, -0.15) is 0 Å². The first kappa shape index (κ1) is 25.3. The highest BCUT2D eigenvalue weighted by atomic mass is 19.1. The van der Waals surface area contributed by atoms with Crippen LogP contribution in [0, 0.1) is 5.82 Å². The summed E-state index contributed by atoms with van der Waals surface area (Å²) in [5.41, 5.74) is 0.226. The van der Waals surface area contributed by atoms with E-state index < -0.39 is 23.3 Å². The van der Waals surface area contributed by atoms with Crippen LogP contribution >= 0.6 is 0 Å². The fourth-order valence-electron chi connectivity index (χ4n) is 4.86. The summed E-state index contributed by atoms with van der Waals surface area (Å²) in [5.74, 6) is -1.43. The summed E-state index contributed by atoms with van der Waals surface area (Å²) in [5, 5.41) is 2.87. The van der Waals surface area contributed by atoms with Gasteiger partial charge in [0.2, 0.25) is 5.91 Å². The zero-order valence-electron chi connectivity index (χ0n) is 20.6. The van der Waals surface area contributed by atoms with Crippen molar-refractivity contribution in [1.29, 1.82) is 0 Å². The van der Waals surface area contributed by atoms with Crippen LogP contribution in [-0.2, 0) is 15.1 Å². The summed E-state index contributed by atoms with van der Waals surface area (Å²) in [7, 11) is 0. The molecule has 0 aromatic heterocycles. The lowest BCUT2D eigenvalue weighted by molar-refractivity contribution is -0.139. The van der Waals surface area contributed by atoms with Crippen LogP contribution in [0.1, 0.15) is 49.0 Å². The van der Waals surface area contributed by atoms with Gasteiger partial charge in [-0.25, -0.2) is 9.18 Å². The van der Waals surface area contributed by atoms with Crippen LogP contribution in [0.15, 0.2) is 48.5 Å². The van der Waals surface area contributed by atoms with E-state index in [1.807, 2.05) is 42.2 Å². The van der Waals surface area contributed by atoms with Crippen LogP contribution in [0.5, 0.6) is 0 Å². The molecule has 2 fully saturated rings. The van der Waals surface area contributed by atoms with Crippen molar-refractivity contribution in [3.63, 3.8) is 0 Å². The molecule has 36 heavy (non-hydrogen) atoms. The molecule has 0 radical (unpaired) electrons. The maximum absolute atomic E-state index is 14.5. The maximum atomic E-state index is 14.5. The van der Waals surface area contributed by atoms with Crippen molar-refractivity contribution in [1.82, 2.24) is 15.1 Å². The molecule has 8 nitrogen and oxygen atoms in total. The fraction of sp³-hybridized carbons (Fsp3) is 0.407. The van der Waals surface area contributed by atoms with Crippen molar-refractivity contribution in [3.05, 3.63) is 65.5 Å². The summed E-state index contributed by atoms with van der Waals surface area (Å²) in [6.07, 6.45) is 2.06. The molecule has 0 bridgehead atoms. The van der Waals surface area contributed by atoms with Gasteiger partial charge in [-0.3, -0.25) is 19.3 Å². The number of urea groups is 1. The third kappa shape index (κ3) is 4.82. The summed E-state index contributed by atoms with van der Waals surface area (Å²) < 4.78 is 14.5. The Balaban J connectivity index is 1.42. The molecular formula is C27H31FN4O4. The van der Waals surface area contributed by atoms with Gasteiger partial charge < -0.3 is 15.1 Å². The summed E-state index contributed by atoms with van der Waals surface area (Å²) in [6.45, 7) is 4.51. The summed E-state index contributed by atoms with van der Waals surface area (Å²) >= 11 is 0. The molecule has 190 valence electrons. The number of rotatable bonds is 8. The van der Waals surface area contributed by atoms with Crippen molar-refractivity contribution >= 4 is 29.3 Å². The maximum Gasteiger partial charge on any atom is 0.325 e. The molecule has 1 atom stereocenters. The number of nitrogens with zero attached hydrogens (tertiary/aromatic N) is 3. The van der Waals surface area contributed by atoms with Gasteiger partial charge in [0.25, 0.3) is 5.91 Å². The number of imide groups is 1. The number of carbonyl (C=O) groups is 4. The van der Waals surface area contributed by atoms with Crippen molar-refractivity contribution in [2.75, 3.05) is 37.6 Å². The number of ketones is 1. The molecule has 4 rings (SSSR count). The Labute approximate surface area is 210 Å². The second-order valence-corrected chi connectivity index (χ2v) is 9.29. The minimum absolute atomic E-state index is 0.206. The zero-order valence-corrected chi connectivity index (χ0v) is 20.6. The number of hydrogen-bond donors (Lipinski definition) is 1. The summed E-state index contributed by atoms with van der Waals surface area (Å²) in [4.78, 5) is 55.3. The standard InChI is InChI=1S/C27H31FN4O4/c1-3-4-12-27(21-8-6-5-7-9-21)25(35)32(26(36)29-27)18-24(34)31-15-13-30(14-16-31)23-11-10-20(19(2)33)17-22(23)28/h5-11,17H,3-4,12-16,18H2,1-2H3,(H,29,36). The number of carbonyl (C=O) groups excluding carboxylic acids is 4. The molecular weight excluding hydrogens is 463 g/mol. The quantitative estimate of drug-likeness (QED) is 0.449. The van der Waals surface area contributed by atoms with Crippen LogP contribution in [0.25, 0.3) is 0 Å². The lowest BCUT2D eigenvalue weighted by atomic mass is 9.85. The molecule has 2 heterocycles. The molecule has 2 aliphatic heterocycles. The lowest BCUT2D eigenvalue weighted by Gasteiger charge is -2.36. The number of nitrogens with one attached hydrogen (secondary N) is 1. The van der Waals surface area contributed by atoms with Crippen molar-refractivity contribution in [2.24, 2.45) is 0 Å². The number of halogens is 1. The van der Waals surface area contributed by atoms with Crippen molar-refractivity contribution < 1.29 is 23.6 Å². The molecule has 1 N–H and O–H groups in total. The first-order chi connectivity index (χ1) is 17.3. The number of benzene rings is 2. The van der Waals surface area contributed by atoms with Crippen molar-refractivity contribution in [2.45, 2.75) is 38.6 Å². The van der Waals surface area contributed by atoms with Gasteiger partial charge >= 0.3 is 6.03 Å². The summed E-state index contributed by atoms with van der Waals surface area (Å²) in [6, 6.07) is 13.0. The van der Waals surface area contributed by atoms with Crippen LogP contribution in [0.4, 0.5) is 14.9 Å². The van der Waals surface area contributed by atoms with Gasteiger partial charge in [-0.1, -0.05) is 50.1 Å². The molecule has 2 saturated heterocycles. The molecule has 2 aromatic rings. The second kappa shape index (κ2) is 10.5. The Morgan fingerprint density at radius 2 is 1.72 bits per heavy atom. The van der Waals surface area contributed by atoms with E-state index in [1.165, 1.54) is 13.0 Å². The van der Waals surface area contributed by atoms with Crippen LogP contribution in [-0.4, -0.2) is 66.2 Å². The predicted molar refractivity (Wildman–Crippen MR) is 133 cm³/mol. The molecule has 0 aliphatic carbocycles. The Morgan fingerprint density at radius 3 is 2.33 bits per heavy atom. The second-order valence-electron chi connectivity index (χ2n) is 9.29. The first-order valence-corrected chi connectivity index (χ1v) is 12.3. The topological polar surface area (TPSA) is 90.0 Å². The Morgan fingerprint density at radius 1 is 1.03 bits per heavy atom. The van der Waals surface area contributed by atoms with Crippen LogP contribution in [0.3, 0.4) is 0 Å². The van der Waals surface area contributed by atoms with Gasteiger partial charge in [-0.15, -0.1) is 0 Å². The monoisotopic (exact) mass is 494 g/mol. The van der Waals surface area contributed by atoms with Crippen LogP contribution in [0.2, 0.25) is 0 Å². The Bertz CT molecular complexity index is 1160. The number of piperazine rings is 1. The Hall–Kier alpha value is -3.75. The largest absolute Gasteiger partial charge is 0.366 e. The number of Topliss-reactive ketones (excluding diaryl/α,β-unsaturated/α-hetero) is 1. The normalized spacial score (nSPS) is 20.0. The molecule has 1 unspecified atom stereocenters. The van der Waals surface area contributed by atoms with Crippen molar-refractivity contribution in [3.8, 4) is 0 Å². The van der Waals surface area contributed by atoms with Gasteiger partial charge in [0.05, 0.1) is 5.69 Å². The van der Waals surface area contributed by atoms with E-state index in [0.29, 0.717) is 49.4 Å². The lowest BCUT2D eigenvalue weighted by Crippen LogP contribution is -2.52. The van der Waals surface area contributed by atoms with E-state index in [4.69, 9.17) is 0 Å². The van der Waals surface area contributed by atoms with E-state index in [2.05, 4.69) is 5.32 Å². The van der Waals surface area contributed by atoms with Gasteiger partial charge in [0.1, 0.15) is 17.9 Å². The number of unbranched alkanes of at least 4 members (excludes halogenated alkanes) is 1. The van der Waals surface area contributed by atoms with E-state index >= 15 is 0 Å². The minimum atomic E-state index is -1.17. The van der Waals surface area contributed by atoms with E-state index in [9.17, 15) is 23.6 Å². The third-order valence-electron chi connectivity index (χ3n) is 6.97. The highest BCUT2D eigenvalue weighted by Gasteiger charge is 2.52. The number of amides is 4. The average molecular weight is 495 g/mol. The van der Waals surface area contributed by atoms with E-state index in [-0.39, 0.29) is 18.2 Å². The minimum Gasteiger partial charge on any atom is -0.366 e. The fourth-order valence-corrected chi connectivity index (χ4v) is 4.86. The molecule has 2 aromatic carbocycles. The Kier molecular flexibility index (Phi) is 7.37. The van der Waals surface area contributed by atoms with Gasteiger partial charge in [-0.05, 0) is 37.1 Å². The SMILES string of the molecule is CCCCC1(c2ccccc2)NC(=O)N(CC(=O)N2CCN(c3ccc(C(C)=O)cc3F)CC2)C1=O. The molecule has 0 saturated carbocycles. The van der Waals surface area contributed by atoms with Gasteiger partial charge in [0, 0.05) is 31.7 Å². The van der Waals surface area contributed by atoms with E-state index in [0.717, 1.165) is 17.7 Å². The third-order valence-corrected chi connectivity index (χ3v) is 6.97. The molecule has 2 aliphatic rings. The number of anilines is 1. The van der Waals surface area contributed by atoms with Crippen LogP contribution < -0.4 is 10.2 Å². The first-order valence-electron chi connectivity index (χ1n) is 12.3. The molecule has 4 amide bonds. The zero-order chi connectivity index (χ0) is 25.9. The van der Waals surface area contributed by atoms with Gasteiger partial charge in [0.15, 0.2) is 5.78 Å². The smallest absolute Gasteiger partial charge is 0.325 e. The number of hydrogen-bond acceptors (Lipinski definition) is 5. The molecule has 9 heteroatoms.